The van der Waals surface area contributed by atoms with Crippen LogP contribution in [0.1, 0.15) is 22.3 Å². The molecule has 1 amide bonds. The van der Waals surface area contributed by atoms with Crippen LogP contribution in [0.2, 0.25) is 0 Å². The van der Waals surface area contributed by atoms with Gasteiger partial charge in [0.2, 0.25) is 5.78 Å². The van der Waals surface area contributed by atoms with Gasteiger partial charge in [0, 0.05) is 24.1 Å². The third kappa shape index (κ3) is 3.29. The molecule has 4 heteroatoms. The summed E-state index contributed by atoms with van der Waals surface area (Å²) in [5, 5.41) is 11.7. The van der Waals surface area contributed by atoms with Gasteiger partial charge in [-0.3, -0.25) is 9.59 Å². The van der Waals surface area contributed by atoms with Crippen LogP contribution in [0.15, 0.2) is 36.4 Å². The molecule has 0 unspecified atom stereocenters. The van der Waals surface area contributed by atoms with Gasteiger partial charge in [0.1, 0.15) is 0 Å². The van der Waals surface area contributed by atoms with Crippen molar-refractivity contribution in [3.05, 3.63) is 47.5 Å². The molecule has 19 heavy (non-hydrogen) atoms. The van der Waals surface area contributed by atoms with E-state index in [0.29, 0.717) is 12.0 Å². The second kappa shape index (κ2) is 5.80. The number of hydrogen-bond acceptors (Lipinski definition) is 3. The molecule has 1 aliphatic carbocycles. The van der Waals surface area contributed by atoms with Gasteiger partial charge in [0.25, 0.3) is 5.91 Å². The van der Waals surface area contributed by atoms with Crippen molar-refractivity contribution in [3.63, 3.8) is 0 Å². The van der Waals surface area contributed by atoms with E-state index in [-0.39, 0.29) is 18.6 Å². The summed E-state index contributed by atoms with van der Waals surface area (Å²) in [6.45, 7) is 1.99. The third-order valence-corrected chi connectivity index (χ3v) is 3.24. The van der Waals surface area contributed by atoms with Gasteiger partial charge in [0.05, 0.1) is 0 Å². The standard InChI is InChI=1S/C15H17NO3/c1-10-2-5-12(6-3-10)14(18)15(19)16-13-7-4-11(8-13)9-17/h2-7,11,13,17H,8-9H2,1H3,(H,16,19)/t11-,13+/m0/s1. The van der Waals surface area contributed by atoms with Crippen LogP contribution in [-0.2, 0) is 4.79 Å². The van der Waals surface area contributed by atoms with Crippen LogP contribution in [0.25, 0.3) is 0 Å². The van der Waals surface area contributed by atoms with Gasteiger partial charge >= 0.3 is 0 Å². The SMILES string of the molecule is Cc1ccc(C(=O)C(=O)N[C@@H]2C=C[C@H](CO)C2)cc1. The quantitative estimate of drug-likeness (QED) is 0.485. The fourth-order valence-electron chi connectivity index (χ4n) is 2.09. The molecule has 0 bridgehead atoms. The monoisotopic (exact) mass is 259 g/mol. The van der Waals surface area contributed by atoms with E-state index in [1.807, 2.05) is 19.1 Å². The van der Waals surface area contributed by atoms with Crippen LogP contribution >= 0.6 is 0 Å². The Morgan fingerprint density at radius 1 is 1.26 bits per heavy atom. The summed E-state index contributed by atoms with van der Waals surface area (Å²) in [7, 11) is 0. The predicted molar refractivity (Wildman–Crippen MR) is 71.8 cm³/mol. The second-order valence-electron chi connectivity index (χ2n) is 4.84. The predicted octanol–water partition coefficient (Wildman–Crippen LogP) is 1.23. The fraction of sp³-hybridized carbons (Fsp3) is 0.333. The average molecular weight is 259 g/mol. The maximum atomic E-state index is 11.9. The molecule has 0 radical (unpaired) electrons. The number of amides is 1. The van der Waals surface area contributed by atoms with Crippen molar-refractivity contribution in [2.45, 2.75) is 19.4 Å². The van der Waals surface area contributed by atoms with Crippen LogP contribution < -0.4 is 5.32 Å². The fourth-order valence-corrected chi connectivity index (χ4v) is 2.09. The lowest BCUT2D eigenvalue weighted by Gasteiger charge is -2.12. The molecule has 0 heterocycles. The molecule has 0 saturated heterocycles. The third-order valence-electron chi connectivity index (χ3n) is 3.24. The Bertz CT molecular complexity index is 505. The van der Waals surface area contributed by atoms with Crippen LogP contribution in [0, 0.1) is 12.8 Å². The van der Waals surface area contributed by atoms with Gasteiger partial charge in [-0.15, -0.1) is 0 Å². The molecule has 2 rings (SSSR count). The van der Waals surface area contributed by atoms with Crippen LogP contribution in [0.4, 0.5) is 0 Å². The number of rotatable bonds is 4. The zero-order valence-corrected chi connectivity index (χ0v) is 10.8. The zero-order valence-electron chi connectivity index (χ0n) is 10.8. The maximum Gasteiger partial charge on any atom is 0.292 e. The number of carbonyl (C=O) groups is 2. The summed E-state index contributed by atoms with van der Waals surface area (Å²) in [5.41, 5.74) is 1.44. The Labute approximate surface area is 112 Å². The van der Waals surface area contributed by atoms with Crippen LogP contribution in [0.3, 0.4) is 0 Å². The molecule has 2 N–H and O–H groups in total. The molecule has 4 nitrogen and oxygen atoms in total. The molecule has 100 valence electrons. The van der Waals surface area contributed by atoms with Crippen molar-refractivity contribution in [1.82, 2.24) is 5.32 Å². The van der Waals surface area contributed by atoms with E-state index in [1.165, 1.54) is 0 Å². The number of carbonyl (C=O) groups excluding carboxylic acids is 2. The molecular formula is C15H17NO3. The van der Waals surface area contributed by atoms with E-state index in [1.54, 1.807) is 24.3 Å². The highest BCUT2D eigenvalue weighted by Crippen LogP contribution is 2.17. The summed E-state index contributed by atoms with van der Waals surface area (Å²) in [5.74, 6) is -1.06. The van der Waals surface area contributed by atoms with Crippen molar-refractivity contribution < 1.29 is 14.7 Å². The van der Waals surface area contributed by atoms with E-state index >= 15 is 0 Å². The summed E-state index contributed by atoms with van der Waals surface area (Å²) < 4.78 is 0. The van der Waals surface area contributed by atoms with Gasteiger partial charge in [-0.1, -0.05) is 42.0 Å². The first-order valence-electron chi connectivity index (χ1n) is 6.31. The maximum absolute atomic E-state index is 11.9. The molecular weight excluding hydrogens is 242 g/mol. The number of benzene rings is 1. The van der Waals surface area contributed by atoms with Crippen molar-refractivity contribution in [3.8, 4) is 0 Å². The van der Waals surface area contributed by atoms with Crippen molar-refractivity contribution in [2.24, 2.45) is 5.92 Å². The molecule has 1 aromatic carbocycles. The lowest BCUT2D eigenvalue weighted by atomic mass is 10.1. The molecule has 0 aromatic heterocycles. The van der Waals surface area contributed by atoms with E-state index in [0.717, 1.165) is 5.56 Å². The highest BCUT2D eigenvalue weighted by molar-refractivity contribution is 6.42. The smallest absolute Gasteiger partial charge is 0.292 e. The number of aliphatic hydroxyl groups is 1. The van der Waals surface area contributed by atoms with Crippen molar-refractivity contribution >= 4 is 11.7 Å². The van der Waals surface area contributed by atoms with Gasteiger partial charge in [-0.05, 0) is 13.3 Å². The lowest BCUT2D eigenvalue weighted by Crippen LogP contribution is -2.37. The number of nitrogens with one attached hydrogen (secondary N) is 1. The number of ketones is 1. The van der Waals surface area contributed by atoms with Crippen LogP contribution in [-0.4, -0.2) is 29.4 Å². The minimum Gasteiger partial charge on any atom is -0.396 e. The molecule has 1 aromatic rings. The molecule has 0 saturated carbocycles. The van der Waals surface area contributed by atoms with E-state index < -0.39 is 11.7 Å². The Balaban J connectivity index is 1.95. The summed E-state index contributed by atoms with van der Waals surface area (Å²) >= 11 is 0. The number of aryl methyl sites for hydroxylation is 1. The topological polar surface area (TPSA) is 66.4 Å². The normalized spacial score (nSPS) is 21.4. The molecule has 0 aliphatic heterocycles. The second-order valence-corrected chi connectivity index (χ2v) is 4.84. The number of hydrogen-bond donors (Lipinski definition) is 2. The highest BCUT2D eigenvalue weighted by atomic mass is 16.3. The first-order valence-corrected chi connectivity index (χ1v) is 6.31. The largest absolute Gasteiger partial charge is 0.396 e. The minimum absolute atomic E-state index is 0.0643. The molecule has 2 atom stereocenters. The van der Waals surface area contributed by atoms with Crippen molar-refractivity contribution in [1.29, 1.82) is 0 Å². The molecule has 1 aliphatic rings. The Kier molecular flexibility index (Phi) is 4.12. The van der Waals surface area contributed by atoms with Crippen LogP contribution in [0.5, 0.6) is 0 Å². The van der Waals surface area contributed by atoms with E-state index in [2.05, 4.69) is 5.32 Å². The lowest BCUT2D eigenvalue weighted by molar-refractivity contribution is -0.117. The van der Waals surface area contributed by atoms with Gasteiger partial charge in [0.15, 0.2) is 0 Å². The summed E-state index contributed by atoms with van der Waals surface area (Å²) in [4.78, 5) is 23.7. The Hall–Kier alpha value is -1.94. The van der Waals surface area contributed by atoms with E-state index in [4.69, 9.17) is 5.11 Å². The Morgan fingerprint density at radius 3 is 2.53 bits per heavy atom. The number of Topliss-reactive ketones (excluding diaryl/α,β-unsaturated/α-hetero) is 1. The molecule has 0 spiro atoms. The first-order chi connectivity index (χ1) is 9.10. The zero-order chi connectivity index (χ0) is 13.8. The average Bonchev–Trinajstić information content (AvgIpc) is 2.86. The Morgan fingerprint density at radius 2 is 1.95 bits per heavy atom. The highest BCUT2D eigenvalue weighted by Gasteiger charge is 2.23. The van der Waals surface area contributed by atoms with Gasteiger partial charge in [-0.25, -0.2) is 0 Å². The van der Waals surface area contributed by atoms with E-state index in [9.17, 15) is 9.59 Å². The first kappa shape index (κ1) is 13.5. The van der Waals surface area contributed by atoms with Gasteiger partial charge in [-0.2, -0.15) is 0 Å². The van der Waals surface area contributed by atoms with Gasteiger partial charge < -0.3 is 10.4 Å². The summed E-state index contributed by atoms with van der Waals surface area (Å²) in [6.07, 6.45) is 4.33. The number of aliphatic hydroxyl groups excluding tert-OH is 1. The molecule has 0 fully saturated rings. The van der Waals surface area contributed by atoms with Crippen molar-refractivity contribution in [2.75, 3.05) is 6.61 Å². The minimum atomic E-state index is -0.600. The summed E-state index contributed by atoms with van der Waals surface area (Å²) in [6, 6.07) is 6.74.